The molecule has 0 aromatic carbocycles. The first-order valence-corrected chi connectivity index (χ1v) is 3.94. The standard InChI is InChI=1S/C8H12O6/c1-2-3-8(13,14)5(7(11)12)4-6(9)10/h4,13-14H,2-3H2,1H3,(H,9,10)(H,11,12). The first-order valence-electron chi connectivity index (χ1n) is 3.94. The lowest BCUT2D eigenvalue weighted by Gasteiger charge is -2.21. The third kappa shape index (κ3) is 3.55. The van der Waals surface area contributed by atoms with Gasteiger partial charge in [0.25, 0.3) is 0 Å². The first-order chi connectivity index (χ1) is 6.31. The molecule has 4 N–H and O–H groups in total. The Balaban J connectivity index is 5.01. The Labute approximate surface area is 80.1 Å². The third-order valence-electron chi connectivity index (χ3n) is 1.53. The summed E-state index contributed by atoms with van der Waals surface area (Å²) in [5.74, 6) is -5.80. The minimum Gasteiger partial charge on any atom is -0.478 e. The summed E-state index contributed by atoms with van der Waals surface area (Å²) >= 11 is 0. The van der Waals surface area contributed by atoms with Crippen LogP contribution in [0, 0.1) is 0 Å². The van der Waals surface area contributed by atoms with E-state index in [1.54, 1.807) is 6.92 Å². The van der Waals surface area contributed by atoms with Crippen LogP contribution in [0.15, 0.2) is 11.6 Å². The van der Waals surface area contributed by atoms with Gasteiger partial charge < -0.3 is 20.4 Å². The molecule has 0 aliphatic heterocycles. The van der Waals surface area contributed by atoms with Crippen LogP contribution in [0.5, 0.6) is 0 Å². The van der Waals surface area contributed by atoms with E-state index in [1.807, 2.05) is 0 Å². The minimum absolute atomic E-state index is 0.238. The van der Waals surface area contributed by atoms with Gasteiger partial charge in [-0.1, -0.05) is 13.3 Å². The van der Waals surface area contributed by atoms with Crippen molar-refractivity contribution in [2.45, 2.75) is 25.6 Å². The Morgan fingerprint density at radius 2 is 1.79 bits per heavy atom. The summed E-state index contributed by atoms with van der Waals surface area (Å²) < 4.78 is 0. The Kier molecular flexibility index (Phi) is 4.26. The highest BCUT2D eigenvalue weighted by Gasteiger charge is 2.33. The van der Waals surface area contributed by atoms with Crippen molar-refractivity contribution in [3.63, 3.8) is 0 Å². The van der Waals surface area contributed by atoms with Gasteiger partial charge in [-0.15, -0.1) is 0 Å². The maximum Gasteiger partial charge on any atom is 0.337 e. The topological polar surface area (TPSA) is 115 Å². The molecule has 0 aliphatic rings. The fourth-order valence-corrected chi connectivity index (χ4v) is 0.955. The van der Waals surface area contributed by atoms with Crippen LogP contribution < -0.4 is 0 Å². The predicted molar refractivity (Wildman–Crippen MR) is 45.4 cm³/mol. The summed E-state index contributed by atoms with van der Waals surface area (Å²) in [6, 6.07) is 0. The van der Waals surface area contributed by atoms with Crippen LogP contribution in [-0.2, 0) is 9.59 Å². The molecule has 6 nitrogen and oxygen atoms in total. The number of rotatable bonds is 5. The van der Waals surface area contributed by atoms with Crippen LogP contribution in [0.4, 0.5) is 0 Å². The maximum absolute atomic E-state index is 10.5. The molecule has 0 fully saturated rings. The molecule has 0 saturated carbocycles. The number of aliphatic hydroxyl groups is 2. The zero-order valence-corrected chi connectivity index (χ0v) is 7.60. The molecule has 0 atom stereocenters. The molecule has 0 aliphatic carbocycles. The Bertz CT molecular complexity index is 265. The van der Waals surface area contributed by atoms with Crippen LogP contribution in [0.2, 0.25) is 0 Å². The van der Waals surface area contributed by atoms with Gasteiger partial charge in [0.1, 0.15) is 5.57 Å². The summed E-state index contributed by atoms with van der Waals surface area (Å²) in [4.78, 5) is 20.7. The quantitative estimate of drug-likeness (QED) is 0.356. The second kappa shape index (κ2) is 4.73. The molecule has 0 unspecified atom stereocenters. The van der Waals surface area contributed by atoms with Gasteiger partial charge in [-0.3, -0.25) is 0 Å². The van der Waals surface area contributed by atoms with Gasteiger partial charge in [0.2, 0.25) is 0 Å². The SMILES string of the molecule is CCCC(O)(O)C(=CC(=O)O)C(=O)O. The molecule has 0 aromatic heterocycles. The third-order valence-corrected chi connectivity index (χ3v) is 1.53. The minimum atomic E-state index is -2.60. The Morgan fingerprint density at radius 1 is 1.29 bits per heavy atom. The van der Waals surface area contributed by atoms with Crippen molar-refractivity contribution < 1.29 is 30.0 Å². The smallest absolute Gasteiger partial charge is 0.337 e. The van der Waals surface area contributed by atoms with Gasteiger partial charge in [0, 0.05) is 12.5 Å². The van der Waals surface area contributed by atoms with Crippen molar-refractivity contribution >= 4 is 11.9 Å². The van der Waals surface area contributed by atoms with E-state index < -0.39 is 23.3 Å². The van der Waals surface area contributed by atoms with E-state index in [9.17, 15) is 19.8 Å². The van der Waals surface area contributed by atoms with Gasteiger partial charge in [-0.25, -0.2) is 9.59 Å². The van der Waals surface area contributed by atoms with Crippen LogP contribution in [0.25, 0.3) is 0 Å². The molecule has 0 heterocycles. The molecular formula is C8H12O6. The fraction of sp³-hybridized carbons (Fsp3) is 0.500. The van der Waals surface area contributed by atoms with Crippen molar-refractivity contribution in [2.24, 2.45) is 0 Å². The van der Waals surface area contributed by atoms with E-state index in [0.29, 0.717) is 6.42 Å². The molecular weight excluding hydrogens is 192 g/mol. The second-order valence-corrected chi connectivity index (χ2v) is 2.77. The van der Waals surface area contributed by atoms with Gasteiger partial charge in [-0.05, 0) is 0 Å². The predicted octanol–water partition coefficient (Wildman–Crippen LogP) is -0.437. The van der Waals surface area contributed by atoms with Crippen molar-refractivity contribution in [3.8, 4) is 0 Å². The first kappa shape index (κ1) is 12.6. The molecule has 0 amide bonds. The number of hydrogen-bond acceptors (Lipinski definition) is 4. The second-order valence-electron chi connectivity index (χ2n) is 2.77. The lowest BCUT2D eigenvalue weighted by Crippen LogP contribution is -2.35. The highest BCUT2D eigenvalue weighted by atomic mass is 16.5. The van der Waals surface area contributed by atoms with E-state index in [0.717, 1.165) is 0 Å². The van der Waals surface area contributed by atoms with Gasteiger partial charge in [0.05, 0.1) is 0 Å². The zero-order valence-electron chi connectivity index (χ0n) is 7.60. The van der Waals surface area contributed by atoms with Crippen molar-refractivity contribution in [1.82, 2.24) is 0 Å². The van der Waals surface area contributed by atoms with Crippen LogP contribution in [0.3, 0.4) is 0 Å². The highest BCUT2D eigenvalue weighted by molar-refractivity contribution is 5.95. The van der Waals surface area contributed by atoms with E-state index >= 15 is 0 Å². The molecule has 0 aromatic rings. The number of aliphatic carboxylic acids is 2. The molecule has 14 heavy (non-hydrogen) atoms. The molecule has 6 heteroatoms. The number of carbonyl (C=O) groups is 2. The normalized spacial score (nSPS) is 12.6. The lowest BCUT2D eigenvalue weighted by molar-refractivity contribution is -0.157. The summed E-state index contributed by atoms with van der Waals surface area (Å²) in [6.45, 7) is 1.61. The molecule has 80 valence electrons. The van der Waals surface area contributed by atoms with E-state index in [4.69, 9.17) is 10.2 Å². The van der Waals surface area contributed by atoms with E-state index in [-0.39, 0.29) is 12.5 Å². The van der Waals surface area contributed by atoms with Gasteiger partial charge in [0.15, 0.2) is 5.79 Å². The summed E-state index contributed by atoms with van der Waals surface area (Å²) in [5, 5.41) is 35.3. The van der Waals surface area contributed by atoms with Crippen LogP contribution >= 0.6 is 0 Å². The highest BCUT2D eigenvalue weighted by Crippen LogP contribution is 2.19. The largest absolute Gasteiger partial charge is 0.478 e. The number of carboxylic acid groups (broad SMARTS) is 2. The van der Waals surface area contributed by atoms with E-state index in [1.165, 1.54) is 0 Å². The summed E-state index contributed by atoms with van der Waals surface area (Å²) in [6.07, 6.45) is 0.355. The molecule has 0 spiro atoms. The maximum atomic E-state index is 10.5. The Morgan fingerprint density at radius 3 is 2.07 bits per heavy atom. The lowest BCUT2D eigenvalue weighted by atomic mass is 10.0. The summed E-state index contributed by atoms with van der Waals surface area (Å²) in [7, 11) is 0. The monoisotopic (exact) mass is 204 g/mol. The Hall–Kier alpha value is -1.40. The molecule has 0 radical (unpaired) electrons. The molecule has 0 rings (SSSR count). The van der Waals surface area contributed by atoms with Crippen LogP contribution in [0.1, 0.15) is 19.8 Å². The van der Waals surface area contributed by atoms with Crippen molar-refractivity contribution in [3.05, 3.63) is 11.6 Å². The zero-order chi connectivity index (χ0) is 11.4. The molecule has 0 saturated heterocycles. The van der Waals surface area contributed by atoms with Crippen LogP contribution in [-0.4, -0.2) is 38.2 Å². The average Bonchev–Trinajstić information content (AvgIpc) is 1.99. The van der Waals surface area contributed by atoms with Gasteiger partial charge in [-0.2, -0.15) is 0 Å². The van der Waals surface area contributed by atoms with Gasteiger partial charge >= 0.3 is 11.9 Å². The number of hydrogen-bond donors (Lipinski definition) is 4. The fourth-order valence-electron chi connectivity index (χ4n) is 0.955. The van der Waals surface area contributed by atoms with E-state index in [2.05, 4.69) is 0 Å². The number of carboxylic acids is 2. The summed E-state index contributed by atoms with van der Waals surface area (Å²) in [5.41, 5.74) is -0.938. The molecule has 0 bridgehead atoms. The van der Waals surface area contributed by atoms with Crippen molar-refractivity contribution in [2.75, 3.05) is 0 Å². The van der Waals surface area contributed by atoms with Crippen molar-refractivity contribution in [1.29, 1.82) is 0 Å². The average molecular weight is 204 g/mol.